The Bertz CT molecular complexity index is 456. The van der Waals surface area contributed by atoms with E-state index in [9.17, 15) is 9.59 Å². The van der Waals surface area contributed by atoms with E-state index < -0.39 is 5.97 Å². The largest absolute Gasteiger partial charge is 0.462 e. The van der Waals surface area contributed by atoms with Crippen molar-refractivity contribution < 1.29 is 14.3 Å². The van der Waals surface area contributed by atoms with Crippen molar-refractivity contribution >= 4 is 11.9 Å². The number of carbonyl (C=O) groups is 2. The third kappa shape index (κ3) is 4.65. The van der Waals surface area contributed by atoms with E-state index in [4.69, 9.17) is 4.74 Å². The number of hydrogen-bond donors (Lipinski definition) is 2. The molecule has 0 aliphatic heterocycles. The van der Waals surface area contributed by atoms with E-state index in [2.05, 4.69) is 15.7 Å². The fourth-order valence-corrected chi connectivity index (χ4v) is 1.67. The van der Waals surface area contributed by atoms with Gasteiger partial charge in [0, 0.05) is 20.1 Å². The standard InChI is InChI=1S/C13H22N4O3/c1-4-6-15-12(18)9-14-8-11-10(7-16-17(11)3)13(19)20-5-2/h7,14H,4-6,8-9H2,1-3H3,(H,15,18). The number of hydrogen-bond acceptors (Lipinski definition) is 5. The van der Waals surface area contributed by atoms with Gasteiger partial charge in [-0.15, -0.1) is 0 Å². The highest BCUT2D eigenvalue weighted by Crippen LogP contribution is 2.08. The van der Waals surface area contributed by atoms with Crippen molar-refractivity contribution in [1.29, 1.82) is 0 Å². The van der Waals surface area contributed by atoms with Crippen LogP contribution in [0.1, 0.15) is 36.3 Å². The number of rotatable bonds is 8. The van der Waals surface area contributed by atoms with Gasteiger partial charge < -0.3 is 15.4 Å². The predicted octanol–water partition coefficient (Wildman–Crippen LogP) is 0.213. The summed E-state index contributed by atoms with van der Waals surface area (Å²) in [5.74, 6) is -0.459. The molecule has 7 heteroatoms. The minimum atomic E-state index is -0.396. The van der Waals surface area contributed by atoms with Crippen molar-refractivity contribution in [2.24, 2.45) is 7.05 Å². The van der Waals surface area contributed by atoms with Gasteiger partial charge in [0.2, 0.25) is 5.91 Å². The minimum absolute atomic E-state index is 0.0632. The van der Waals surface area contributed by atoms with Gasteiger partial charge in [-0.3, -0.25) is 9.48 Å². The second-order valence-corrected chi connectivity index (χ2v) is 4.30. The van der Waals surface area contributed by atoms with Gasteiger partial charge >= 0.3 is 5.97 Å². The molecular formula is C13H22N4O3. The molecule has 1 aromatic heterocycles. The van der Waals surface area contributed by atoms with Gasteiger partial charge in [0.05, 0.1) is 25.0 Å². The van der Waals surface area contributed by atoms with Gasteiger partial charge in [-0.1, -0.05) is 6.92 Å². The first kappa shape index (κ1) is 16.2. The number of amides is 1. The van der Waals surface area contributed by atoms with E-state index in [1.54, 1.807) is 18.7 Å². The lowest BCUT2D eigenvalue weighted by molar-refractivity contribution is -0.120. The molecule has 1 aromatic rings. The SMILES string of the molecule is CCCNC(=O)CNCc1c(C(=O)OCC)cnn1C. The van der Waals surface area contributed by atoms with Crippen LogP contribution in [0.3, 0.4) is 0 Å². The summed E-state index contributed by atoms with van der Waals surface area (Å²) in [7, 11) is 1.75. The van der Waals surface area contributed by atoms with Crippen LogP contribution in [0, 0.1) is 0 Å². The molecule has 0 aromatic carbocycles. The lowest BCUT2D eigenvalue weighted by Crippen LogP contribution is -2.34. The Labute approximate surface area is 118 Å². The average Bonchev–Trinajstić information content (AvgIpc) is 2.78. The zero-order valence-electron chi connectivity index (χ0n) is 12.2. The van der Waals surface area contributed by atoms with Crippen LogP contribution in [0.5, 0.6) is 0 Å². The van der Waals surface area contributed by atoms with Crippen LogP contribution >= 0.6 is 0 Å². The number of esters is 1. The van der Waals surface area contributed by atoms with Crippen molar-refractivity contribution in [2.75, 3.05) is 19.7 Å². The Morgan fingerprint density at radius 3 is 2.80 bits per heavy atom. The van der Waals surface area contributed by atoms with Crippen molar-refractivity contribution in [1.82, 2.24) is 20.4 Å². The van der Waals surface area contributed by atoms with Gasteiger partial charge in [0.15, 0.2) is 0 Å². The number of ether oxygens (including phenoxy) is 1. The Morgan fingerprint density at radius 1 is 1.40 bits per heavy atom. The second kappa shape index (κ2) is 8.31. The smallest absolute Gasteiger partial charge is 0.341 e. The topological polar surface area (TPSA) is 85.2 Å². The monoisotopic (exact) mass is 282 g/mol. The van der Waals surface area contributed by atoms with E-state index in [0.29, 0.717) is 31.0 Å². The van der Waals surface area contributed by atoms with Gasteiger partial charge in [-0.2, -0.15) is 5.10 Å². The third-order valence-corrected chi connectivity index (χ3v) is 2.71. The van der Waals surface area contributed by atoms with Crippen LogP contribution in [0.25, 0.3) is 0 Å². The summed E-state index contributed by atoms with van der Waals surface area (Å²) in [5, 5.41) is 9.81. The number of nitrogens with zero attached hydrogens (tertiary/aromatic N) is 2. The first-order chi connectivity index (χ1) is 9.60. The molecule has 0 aliphatic rings. The van der Waals surface area contributed by atoms with Gasteiger partial charge in [0.25, 0.3) is 0 Å². The first-order valence-electron chi connectivity index (χ1n) is 6.75. The maximum Gasteiger partial charge on any atom is 0.341 e. The van der Waals surface area contributed by atoms with E-state index in [1.807, 2.05) is 6.92 Å². The summed E-state index contributed by atoms with van der Waals surface area (Å²) in [6.45, 7) is 5.32. The van der Waals surface area contributed by atoms with Crippen LogP contribution in [-0.2, 0) is 23.1 Å². The van der Waals surface area contributed by atoms with Crippen LogP contribution in [0.2, 0.25) is 0 Å². The number of aromatic nitrogens is 2. The fourth-order valence-electron chi connectivity index (χ4n) is 1.67. The molecule has 7 nitrogen and oxygen atoms in total. The summed E-state index contributed by atoms with van der Waals surface area (Å²) >= 11 is 0. The lowest BCUT2D eigenvalue weighted by atomic mass is 10.2. The molecule has 2 N–H and O–H groups in total. The van der Waals surface area contributed by atoms with Crippen molar-refractivity contribution in [3.8, 4) is 0 Å². The highest BCUT2D eigenvalue weighted by atomic mass is 16.5. The van der Waals surface area contributed by atoms with Crippen molar-refractivity contribution in [3.63, 3.8) is 0 Å². The fraction of sp³-hybridized carbons (Fsp3) is 0.615. The van der Waals surface area contributed by atoms with Gasteiger partial charge in [0.1, 0.15) is 5.56 Å². The van der Waals surface area contributed by atoms with E-state index in [0.717, 1.165) is 6.42 Å². The molecule has 1 heterocycles. The molecule has 0 atom stereocenters. The summed E-state index contributed by atoms with van der Waals surface area (Å²) in [5.41, 5.74) is 1.13. The highest BCUT2D eigenvalue weighted by molar-refractivity contribution is 5.90. The molecule has 1 amide bonds. The molecule has 20 heavy (non-hydrogen) atoms. The molecule has 0 spiro atoms. The summed E-state index contributed by atoms with van der Waals surface area (Å²) < 4.78 is 6.56. The molecule has 112 valence electrons. The minimum Gasteiger partial charge on any atom is -0.462 e. The number of carbonyl (C=O) groups excluding carboxylic acids is 2. The van der Waals surface area contributed by atoms with Crippen LogP contribution in [0.4, 0.5) is 0 Å². The molecule has 0 fully saturated rings. The van der Waals surface area contributed by atoms with E-state index in [-0.39, 0.29) is 12.5 Å². The van der Waals surface area contributed by atoms with E-state index in [1.165, 1.54) is 6.20 Å². The van der Waals surface area contributed by atoms with Gasteiger partial charge in [-0.05, 0) is 13.3 Å². The van der Waals surface area contributed by atoms with Crippen LogP contribution in [-0.4, -0.2) is 41.4 Å². The van der Waals surface area contributed by atoms with E-state index >= 15 is 0 Å². The highest BCUT2D eigenvalue weighted by Gasteiger charge is 2.16. The molecule has 0 unspecified atom stereocenters. The zero-order chi connectivity index (χ0) is 15.0. The Hall–Kier alpha value is -1.89. The Kier molecular flexibility index (Phi) is 6.72. The summed E-state index contributed by atoms with van der Waals surface area (Å²) in [6.07, 6.45) is 2.38. The molecular weight excluding hydrogens is 260 g/mol. The molecule has 0 bridgehead atoms. The zero-order valence-corrected chi connectivity index (χ0v) is 12.2. The average molecular weight is 282 g/mol. The molecule has 1 rings (SSSR count). The Balaban J connectivity index is 2.53. The Morgan fingerprint density at radius 2 is 2.15 bits per heavy atom. The lowest BCUT2D eigenvalue weighted by Gasteiger charge is -2.08. The van der Waals surface area contributed by atoms with Crippen molar-refractivity contribution in [3.05, 3.63) is 17.5 Å². The molecule has 0 aliphatic carbocycles. The molecule has 0 saturated carbocycles. The normalized spacial score (nSPS) is 10.3. The van der Waals surface area contributed by atoms with Crippen LogP contribution in [0.15, 0.2) is 6.20 Å². The molecule has 0 saturated heterocycles. The number of nitrogens with one attached hydrogen (secondary N) is 2. The third-order valence-electron chi connectivity index (χ3n) is 2.71. The summed E-state index contributed by atoms with van der Waals surface area (Å²) in [6, 6.07) is 0. The first-order valence-corrected chi connectivity index (χ1v) is 6.75. The summed E-state index contributed by atoms with van der Waals surface area (Å²) in [4.78, 5) is 23.2. The molecule has 0 radical (unpaired) electrons. The number of aryl methyl sites for hydroxylation is 1. The van der Waals surface area contributed by atoms with Crippen LogP contribution < -0.4 is 10.6 Å². The predicted molar refractivity (Wildman–Crippen MR) is 74.2 cm³/mol. The second-order valence-electron chi connectivity index (χ2n) is 4.30. The van der Waals surface area contributed by atoms with Crippen molar-refractivity contribution in [2.45, 2.75) is 26.8 Å². The van der Waals surface area contributed by atoms with Gasteiger partial charge in [-0.25, -0.2) is 4.79 Å². The maximum atomic E-state index is 11.7. The maximum absolute atomic E-state index is 11.7. The quantitative estimate of drug-likeness (QED) is 0.666.